The van der Waals surface area contributed by atoms with E-state index in [1.165, 1.54) is 5.56 Å². The van der Waals surface area contributed by atoms with Crippen molar-refractivity contribution in [3.63, 3.8) is 0 Å². The van der Waals surface area contributed by atoms with Crippen LogP contribution >= 0.6 is 11.6 Å². The van der Waals surface area contributed by atoms with Crippen LogP contribution in [0.5, 0.6) is 0 Å². The molecule has 20 heavy (non-hydrogen) atoms. The van der Waals surface area contributed by atoms with Crippen molar-refractivity contribution in [1.29, 1.82) is 0 Å². The second-order valence-corrected chi connectivity index (χ2v) is 5.14. The maximum atomic E-state index is 5.88. The van der Waals surface area contributed by atoms with Crippen LogP contribution in [0.1, 0.15) is 18.5 Å². The van der Waals surface area contributed by atoms with Gasteiger partial charge in [-0.05, 0) is 30.2 Å². The molecule has 1 atom stereocenters. The SMILES string of the molecule is CC1c2ccccc2N(N(C)c2ccnc(Cl)n2)N1C. The predicted octanol–water partition coefficient (Wildman–Crippen LogP) is 2.91. The van der Waals surface area contributed by atoms with Crippen LogP contribution in [-0.2, 0) is 0 Å². The number of nitrogens with zero attached hydrogens (tertiary/aromatic N) is 5. The molecular weight excluding hydrogens is 274 g/mol. The molecule has 0 radical (unpaired) electrons. The van der Waals surface area contributed by atoms with Crippen LogP contribution in [0, 0.1) is 0 Å². The molecule has 6 heteroatoms. The summed E-state index contributed by atoms with van der Waals surface area (Å²) in [6, 6.07) is 10.5. The Labute approximate surface area is 123 Å². The molecule has 1 aromatic carbocycles. The lowest BCUT2D eigenvalue weighted by molar-refractivity contribution is 0.260. The summed E-state index contributed by atoms with van der Waals surface area (Å²) in [7, 11) is 4.02. The van der Waals surface area contributed by atoms with Crippen LogP contribution in [0.4, 0.5) is 11.5 Å². The molecule has 0 bridgehead atoms. The van der Waals surface area contributed by atoms with Crippen molar-refractivity contribution in [2.24, 2.45) is 0 Å². The molecule has 5 nitrogen and oxygen atoms in total. The van der Waals surface area contributed by atoms with Crippen molar-refractivity contribution in [2.45, 2.75) is 13.0 Å². The molecule has 0 aliphatic carbocycles. The number of fused-ring (bicyclic) bond motifs is 1. The molecule has 3 rings (SSSR count). The minimum absolute atomic E-state index is 0.248. The summed E-state index contributed by atoms with van der Waals surface area (Å²) in [6.45, 7) is 2.18. The summed E-state index contributed by atoms with van der Waals surface area (Å²) in [4.78, 5) is 8.18. The van der Waals surface area contributed by atoms with E-state index in [0.717, 1.165) is 11.5 Å². The summed E-state index contributed by atoms with van der Waals surface area (Å²) in [6.07, 6.45) is 1.66. The minimum atomic E-state index is 0.248. The number of halogens is 1. The minimum Gasteiger partial charge on any atom is -0.256 e. The first-order chi connectivity index (χ1) is 9.59. The average Bonchev–Trinajstić information content (AvgIpc) is 2.71. The van der Waals surface area contributed by atoms with Gasteiger partial charge in [0.1, 0.15) is 0 Å². The highest BCUT2D eigenvalue weighted by atomic mass is 35.5. The molecular formula is C14H16ClN5. The zero-order valence-corrected chi connectivity index (χ0v) is 12.4. The summed E-state index contributed by atoms with van der Waals surface area (Å²) in [5.41, 5.74) is 2.45. The highest BCUT2D eigenvalue weighted by Gasteiger charge is 2.33. The number of aromatic nitrogens is 2. The quantitative estimate of drug-likeness (QED) is 0.795. The largest absolute Gasteiger partial charge is 0.256 e. The van der Waals surface area contributed by atoms with Crippen LogP contribution in [0.3, 0.4) is 0 Å². The number of rotatable bonds is 2. The summed E-state index contributed by atoms with van der Waals surface area (Å²) in [5, 5.41) is 6.48. The van der Waals surface area contributed by atoms with Gasteiger partial charge in [-0.2, -0.15) is 9.99 Å². The number of benzene rings is 1. The Bertz CT molecular complexity index is 632. The first kappa shape index (κ1) is 13.1. The fourth-order valence-electron chi connectivity index (χ4n) is 2.53. The van der Waals surface area contributed by atoms with E-state index >= 15 is 0 Å². The standard InChI is InChI=1S/C14H16ClN5/c1-10-11-6-4-5-7-12(11)20(18(10)2)19(3)13-8-9-16-14(15)17-13/h4-10H,1-3H3. The van der Waals surface area contributed by atoms with Gasteiger partial charge in [0.15, 0.2) is 5.82 Å². The van der Waals surface area contributed by atoms with Gasteiger partial charge in [0.2, 0.25) is 5.28 Å². The van der Waals surface area contributed by atoms with Gasteiger partial charge < -0.3 is 0 Å². The Hall–Kier alpha value is -1.85. The van der Waals surface area contributed by atoms with Gasteiger partial charge in [-0.15, -0.1) is 0 Å². The van der Waals surface area contributed by atoms with Crippen LogP contribution in [0.25, 0.3) is 0 Å². The number of hydrogen-bond donors (Lipinski definition) is 0. The van der Waals surface area contributed by atoms with Gasteiger partial charge in [-0.1, -0.05) is 18.2 Å². The average molecular weight is 290 g/mol. The zero-order valence-electron chi connectivity index (χ0n) is 11.7. The predicted molar refractivity (Wildman–Crippen MR) is 80.5 cm³/mol. The van der Waals surface area contributed by atoms with Gasteiger partial charge in [-0.3, -0.25) is 5.01 Å². The molecule has 2 aromatic rings. The van der Waals surface area contributed by atoms with Gasteiger partial charge in [-0.25, -0.2) is 10.1 Å². The Kier molecular flexibility index (Phi) is 3.23. The Morgan fingerprint density at radius 1 is 1.25 bits per heavy atom. The lowest BCUT2D eigenvalue weighted by Crippen LogP contribution is -2.48. The van der Waals surface area contributed by atoms with E-state index in [1.807, 2.05) is 24.2 Å². The molecule has 0 saturated heterocycles. The highest BCUT2D eigenvalue weighted by molar-refractivity contribution is 6.28. The topological polar surface area (TPSA) is 35.5 Å². The Morgan fingerprint density at radius 3 is 2.75 bits per heavy atom. The normalized spacial score (nSPS) is 18.2. The van der Waals surface area contributed by atoms with Crippen LogP contribution < -0.4 is 10.1 Å². The van der Waals surface area contributed by atoms with Gasteiger partial charge >= 0.3 is 0 Å². The maximum Gasteiger partial charge on any atom is 0.224 e. The molecule has 0 N–H and O–H groups in total. The van der Waals surface area contributed by atoms with Crippen molar-refractivity contribution in [2.75, 3.05) is 24.2 Å². The first-order valence-electron chi connectivity index (χ1n) is 6.43. The molecule has 1 aliphatic heterocycles. The van der Waals surface area contributed by atoms with Crippen LogP contribution in [0.2, 0.25) is 5.28 Å². The smallest absolute Gasteiger partial charge is 0.224 e. The third-order valence-electron chi connectivity index (χ3n) is 3.69. The van der Waals surface area contributed by atoms with E-state index in [9.17, 15) is 0 Å². The highest BCUT2D eigenvalue weighted by Crippen LogP contribution is 2.39. The lowest BCUT2D eigenvalue weighted by Gasteiger charge is -2.37. The Balaban J connectivity index is 2.02. The van der Waals surface area contributed by atoms with Gasteiger partial charge in [0.25, 0.3) is 0 Å². The summed E-state index contributed by atoms with van der Waals surface area (Å²) in [5.74, 6) is 0.751. The molecule has 1 aliphatic rings. The van der Waals surface area contributed by atoms with Crippen molar-refractivity contribution in [3.05, 3.63) is 47.4 Å². The van der Waals surface area contributed by atoms with E-state index in [0.29, 0.717) is 6.04 Å². The third-order valence-corrected chi connectivity index (χ3v) is 3.87. The second-order valence-electron chi connectivity index (χ2n) is 4.81. The zero-order chi connectivity index (χ0) is 14.3. The fourth-order valence-corrected chi connectivity index (χ4v) is 2.68. The fraction of sp³-hybridized carbons (Fsp3) is 0.286. The van der Waals surface area contributed by atoms with Crippen molar-refractivity contribution >= 4 is 23.1 Å². The van der Waals surface area contributed by atoms with E-state index in [4.69, 9.17) is 11.6 Å². The number of hydrogen-bond acceptors (Lipinski definition) is 5. The van der Waals surface area contributed by atoms with Gasteiger partial charge in [0, 0.05) is 26.4 Å². The molecule has 0 saturated carbocycles. The van der Waals surface area contributed by atoms with E-state index in [1.54, 1.807) is 6.20 Å². The lowest BCUT2D eigenvalue weighted by atomic mass is 10.1. The number of para-hydroxylation sites is 1. The summed E-state index contributed by atoms with van der Waals surface area (Å²) >= 11 is 5.88. The van der Waals surface area contributed by atoms with E-state index in [-0.39, 0.29) is 5.28 Å². The van der Waals surface area contributed by atoms with Crippen molar-refractivity contribution in [3.8, 4) is 0 Å². The number of hydrazine groups is 2. The van der Waals surface area contributed by atoms with Crippen LogP contribution in [0.15, 0.2) is 36.5 Å². The summed E-state index contributed by atoms with van der Waals surface area (Å²) < 4.78 is 0. The Morgan fingerprint density at radius 2 is 2.00 bits per heavy atom. The molecule has 0 fully saturated rings. The first-order valence-corrected chi connectivity index (χ1v) is 6.81. The third kappa shape index (κ3) is 1.99. The molecule has 1 aromatic heterocycles. The molecule has 1 unspecified atom stereocenters. The maximum absolute atomic E-state index is 5.88. The molecule has 0 spiro atoms. The monoisotopic (exact) mass is 289 g/mol. The van der Waals surface area contributed by atoms with Crippen molar-refractivity contribution in [1.82, 2.24) is 15.0 Å². The second kappa shape index (κ2) is 4.92. The van der Waals surface area contributed by atoms with Gasteiger partial charge in [0.05, 0.1) is 11.7 Å². The van der Waals surface area contributed by atoms with E-state index in [2.05, 4.69) is 52.3 Å². The van der Waals surface area contributed by atoms with Crippen LogP contribution in [-0.4, -0.2) is 29.1 Å². The molecule has 0 amide bonds. The number of anilines is 2. The van der Waals surface area contributed by atoms with E-state index < -0.39 is 0 Å². The van der Waals surface area contributed by atoms with Crippen molar-refractivity contribution < 1.29 is 0 Å². The molecule has 2 heterocycles. The molecule has 104 valence electrons.